The minimum atomic E-state index is -0.214. The van der Waals surface area contributed by atoms with Crippen LogP contribution >= 0.6 is 0 Å². The number of carbonyl (C=O) groups is 2. The summed E-state index contributed by atoms with van der Waals surface area (Å²) in [5, 5.41) is 0. The maximum absolute atomic E-state index is 11.8. The molecule has 1 aromatic rings. The van der Waals surface area contributed by atoms with Crippen LogP contribution in [0.2, 0.25) is 0 Å². The number of esters is 1. The first-order chi connectivity index (χ1) is 9.56. The van der Waals surface area contributed by atoms with Crippen LogP contribution in [-0.4, -0.2) is 18.9 Å². The molecule has 0 fully saturated rings. The van der Waals surface area contributed by atoms with Crippen LogP contribution in [0.15, 0.2) is 36.4 Å². The van der Waals surface area contributed by atoms with E-state index < -0.39 is 0 Å². The fourth-order valence-electron chi connectivity index (χ4n) is 2.17. The molecule has 1 aliphatic rings. The fourth-order valence-corrected chi connectivity index (χ4v) is 2.17. The number of nitrogens with zero attached hydrogens (tertiary/aromatic N) is 1. The van der Waals surface area contributed by atoms with E-state index in [1.807, 2.05) is 0 Å². The number of rotatable bonds is 4. The maximum Gasteiger partial charge on any atom is 0.311 e. The monoisotopic (exact) mass is 273 g/mol. The van der Waals surface area contributed by atoms with Crippen LogP contribution in [0, 0.1) is 5.92 Å². The number of allylic oxidation sites excluding steroid dienone is 2. The quantitative estimate of drug-likeness (QED) is 0.481. The molecule has 0 aromatic heterocycles. The molecule has 2 rings (SSSR count). The van der Waals surface area contributed by atoms with Crippen LogP contribution in [0.4, 0.5) is 5.69 Å². The molecule has 1 aromatic carbocycles. The molecule has 1 amide bonds. The van der Waals surface area contributed by atoms with Gasteiger partial charge in [0.2, 0.25) is 5.91 Å². The summed E-state index contributed by atoms with van der Waals surface area (Å²) in [5.74, 6) is 0.570. The van der Waals surface area contributed by atoms with Gasteiger partial charge in [-0.1, -0.05) is 12.2 Å². The van der Waals surface area contributed by atoms with Gasteiger partial charge in [0.15, 0.2) is 0 Å². The van der Waals surface area contributed by atoms with Crippen LogP contribution in [0.3, 0.4) is 0 Å². The molecule has 0 aliphatic heterocycles. The zero-order valence-corrected chi connectivity index (χ0v) is 11.8. The van der Waals surface area contributed by atoms with Crippen molar-refractivity contribution in [2.75, 3.05) is 11.9 Å². The van der Waals surface area contributed by atoms with Crippen LogP contribution in [-0.2, 0) is 9.59 Å². The molecular weight excluding hydrogens is 254 g/mol. The normalized spacial score (nSPS) is 17.0. The molecule has 0 bridgehead atoms. The lowest BCUT2D eigenvalue weighted by atomic mass is 10.1. The first-order valence-electron chi connectivity index (χ1n) is 6.78. The standard InChI is InChI=1S/C16H19NO3/c1-12(18)17(2)14-7-9-15(10-8-14)20-16(19)11-13-5-3-4-6-13/h3,5,7-10,13H,4,6,11H2,1-2H3. The predicted molar refractivity (Wildman–Crippen MR) is 77.6 cm³/mol. The van der Waals surface area contributed by atoms with Gasteiger partial charge in [-0.15, -0.1) is 0 Å². The second kappa shape index (κ2) is 6.37. The van der Waals surface area contributed by atoms with Crippen molar-refractivity contribution in [2.45, 2.75) is 26.2 Å². The first kappa shape index (κ1) is 14.3. The van der Waals surface area contributed by atoms with Crippen LogP contribution < -0.4 is 9.64 Å². The van der Waals surface area contributed by atoms with Crippen molar-refractivity contribution in [2.24, 2.45) is 5.92 Å². The molecule has 0 saturated heterocycles. The van der Waals surface area contributed by atoms with E-state index in [-0.39, 0.29) is 11.9 Å². The summed E-state index contributed by atoms with van der Waals surface area (Å²) < 4.78 is 5.30. The lowest BCUT2D eigenvalue weighted by Gasteiger charge is -2.15. The van der Waals surface area contributed by atoms with Crippen molar-refractivity contribution in [3.8, 4) is 5.75 Å². The Bertz CT molecular complexity index is 519. The van der Waals surface area contributed by atoms with Crippen molar-refractivity contribution < 1.29 is 14.3 Å². The lowest BCUT2D eigenvalue weighted by Crippen LogP contribution is -2.22. The van der Waals surface area contributed by atoms with Crippen molar-refractivity contribution >= 4 is 17.6 Å². The molecule has 1 unspecified atom stereocenters. The Morgan fingerprint density at radius 3 is 2.55 bits per heavy atom. The van der Waals surface area contributed by atoms with Crippen LogP contribution in [0.5, 0.6) is 5.75 Å². The summed E-state index contributed by atoms with van der Waals surface area (Å²) in [6.07, 6.45) is 6.67. The molecule has 0 spiro atoms. The molecule has 4 heteroatoms. The number of benzene rings is 1. The highest BCUT2D eigenvalue weighted by atomic mass is 16.5. The number of amides is 1. The Kier molecular flexibility index (Phi) is 4.56. The van der Waals surface area contributed by atoms with Gasteiger partial charge in [0.1, 0.15) is 5.75 Å². The Morgan fingerprint density at radius 1 is 1.30 bits per heavy atom. The van der Waals surface area contributed by atoms with Crippen molar-refractivity contribution in [3.05, 3.63) is 36.4 Å². The molecule has 0 saturated carbocycles. The van der Waals surface area contributed by atoms with E-state index in [4.69, 9.17) is 4.74 Å². The van der Waals surface area contributed by atoms with Crippen molar-refractivity contribution in [3.63, 3.8) is 0 Å². The summed E-state index contributed by atoms with van der Waals surface area (Å²) in [6.45, 7) is 1.50. The molecule has 0 heterocycles. The Labute approximate surface area is 119 Å². The van der Waals surface area contributed by atoms with E-state index in [0.29, 0.717) is 18.1 Å². The summed E-state index contributed by atoms with van der Waals surface area (Å²) in [4.78, 5) is 24.5. The molecule has 0 radical (unpaired) electrons. The third-order valence-corrected chi connectivity index (χ3v) is 3.47. The van der Waals surface area contributed by atoms with Crippen LogP contribution in [0.25, 0.3) is 0 Å². The number of carbonyl (C=O) groups excluding carboxylic acids is 2. The van der Waals surface area contributed by atoms with Crippen molar-refractivity contribution in [1.82, 2.24) is 0 Å². The first-order valence-corrected chi connectivity index (χ1v) is 6.78. The number of hydrogen-bond donors (Lipinski definition) is 0. The second-order valence-electron chi connectivity index (χ2n) is 5.02. The van der Waals surface area contributed by atoms with E-state index >= 15 is 0 Å². The van der Waals surface area contributed by atoms with Crippen molar-refractivity contribution in [1.29, 1.82) is 0 Å². The average molecular weight is 273 g/mol. The molecule has 0 N–H and O–H groups in total. The fraction of sp³-hybridized carbons (Fsp3) is 0.375. The molecule has 4 nitrogen and oxygen atoms in total. The highest BCUT2D eigenvalue weighted by Gasteiger charge is 2.15. The molecule has 1 aliphatic carbocycles. The van der Waals surface area contributed by atoms with Crippen LogP contribution in [0.1, 0.15) is 26.2 Å². The number of anilines is 1. The van der Waals surface area contributed by atoms with E-state index in [1.54, 1.807) is 31.3 Å². The highest BCUT2D eigenvalue weighted by molar-refractivity contribution is 5.90. The Balaban J connectivity index is 1.91. The third-order valence-electron chi connectivity index (χ3n) is 3.47. The number of ether oxygens (including phenoxy) is 1. The van der Waals surface area contributed by atoms with Gasteiger partial charge >= 0.3 is 5.97 Å². The largest absolute Gasteiger partial charge is 0.427 e. The molecule has 106 valence electrons. The average Bonchev–Trinajstić information content (AvgIpc) is 2.91. The van der Waals surface area contributed by atoms with Gasteiger partial charge in [-0.3, -0.25) is 9.59 Å². The zero-order chi connectivity index (χ0) is 14.5. The van der Waals surface area contributed by atoms with E-state index in [0.717, 1.165) is 18.5 Å². The highest BCUT2D eigenvalue weighted by Crippen LogP contribution is 2.23. The smallest absolute Gasteiger partial charge is 0.311 e. The second-order valence-corrected chi connectivity index (χ2v) is 5.02. The summed E-state index contributed by atoms with van der Waals surface area (Å²) in [6, 6.07) is 6.94. The molecule has 1 atom stereocenters. The summed E-state index contributed by atoms with van der Waals surface area (Å²) >= 11 is 0. The number of hydrogen-bond acceptors (Lipinski definition) is 3. The Morgan fingerprint density at radius 2 is 2.00 bits per heavy atom. The van der Waals surface area contributed by atoms with Gasteiger partial charge < -0.3 is 9.64 Å². The minimum absolute atomic E-state index is 0.0391. The van der Waals surface area contributed by atoms with Gasteiger partial charge in [0.25, 0.3) is 0 Å². The zero-order valence-electron chi connectivity index (χ0n) is 11.8. The Hall–Kier alpha value is -2.10. The van der Waals surface area contributed by atoms with Gasteiger partial charge in [0, 0.05) is 19.7 Å². The predicted octanol–water partition coefficient (Wildman–Crippen LogP) is 2.93. The van der Waals surface area contributed by atoms with Gasteiger partial charge in [0.05, 0.1) is 6.42 Å². The SMILES string of the molecule is CC(=O)N(C)c1ccc(OC(=O)CC2C=CCC2)cc1. The lowest BCUT2D eigenvalue weighted by molar-refractivity contribution is -0.135. The van der Waals surface area contributed by atoms with Gasteiger partial charge in [-0.25, -0.2) is 0 Å². The maximum atomic E-state index is 11.8. The molecular formula is C16H19NO3. The summed E-state index contributed by atoms with van der Waals surface area (Å²) in [5.41, 5.74) is 0.774. The summed E-state index contributed by atoms with van der Waals surface area (Å²) in [7, 11) is 1.70. The van der Waals surface area contributed by atoms with E-state index in [9.17, 15) is 9.59 Å². The molecule has 20 heavy (non-hydrogen) atoms. The van der Waals surface area contributed by atoms with Gasteiger partial charge in [-0.05, 0) is 43.0 Å². The minimum Gasteiger partial charge on any atom is -0.427 e. The topological polar surface area (TPSA) is 46.6 Å². The van der Waals surface area contributed by atoms with E-state index in [2.05, 4.69) is 12.2 Å². The van der Waals surface area contributed by atoms with E-state index in [1.165, 1.54) is 11.8 Å². The third kappa shape index (κ3) is 3.70. The van der Waals surface area contributed by atoms with Gasteiger partial charge in [-0.2, -0.15) is 0 Å².